The molecule has 0 unspecified atom stereocenters. The van der Waals surface area contributed by atoms with E-state index in [2.05, 4.69) is 5.16 Å². The second-order valence-corrected chi connectivity index (χ2v) is 4.40. The Morgan fingerprint density at radius 1 is 1.25 bits per heavy atom. The summed E-state index contributed by atoms with van der Waals surface area (Å²) in [6.45, 7) is 3.93. The summed E-state index contributed by atoms with van der Waals surface area (Å²) >= 11 is 0. The Kier molecular flexibility index (Phi) is 3.65. The maximum atomic E-state index is 11.8. The van der Waals surface area contributed by atoms with Gasteiger partial charge in [-0.25, -0.2) is 4.79 Å². The number of benzene rings is 1. The predicted molar refractivity (Wildman–Crippen MR) is 73.7 cm³/mol. The number of hydrogen-bond donors (Lipinski definition) is 1. The molecule has 0 bridgehead atoms. The highest BCUT2D eigenvalue weighted by molar-refractivity contribution is 6.00. The predicted octanol–water partition coefficient (Wildman–Crippen LogP) is 2.34. The molecule has 1 heterocycles. The number of rotatable bonds is 3. The Hall–Kier alpha value is -2.50. The quantitative estimate of drug-likeness (QED) is 0.866. The van der Waals surface area contributed by atoms with Crippen LogP contribution in [0.4, 0.5) is 5.88 Å². The van der Waals surface area contributed by atoms with E-state index in [-0.39, 0.29) is 11.4 Å². The SMILES string of the molecule is COC(=O)c1c(-c2cc(C)c(C)cc2OC)noc1N. The van der Waals surface area contributed by atoms with Gasteiger partial charge < -0.3 is 19.7 Å². The lowest BCUT2D eigenvalue weighted by Gasteiger charge is -2.10. The average molecular weight is 276 g/mol. The van der Waals surface area contributed by atoms with E-state index in [0.717, 1.165) is 11.1 Å². The first kappa shape index (κ1) is 13.9. The number of hydrogen-bond acceptors (Lipinski definition) is 6. The first-order valence-corrected chi connectivity index (χ1v) is 5.98. The van der Waals surface area contributed by atoms with Crippen LogP contribution < -0.4 is 10.5 Å². The molecule has 0 fully saturated rings. The van der Waals surface area contributed by atoms with Gasteiger partial charge in [0.15, 0.2) is 5.56 Å². The Bertz CT molecular complexity index is 661. The second kappa shape index (κ2) is 5.24. The van der Waals surface area contributed by atoms with Gasteiger partial charge in [-0.1, -0.05) is 5.16 Å². The molecule has 0 aliphatic heterocycles. The third-order valence-corrected chi connectivity index (χ3v) is 3.18. The van der Waals surface area contributed by atoms with E-state index >= 15 is 0 Å². The summed E-state index contributed by atoms with van der Waals surface area (Å²) in [5.41, 5.74) is 8.81. The van der Waals surface area contributed by atoms with Gasteiger partial charge in [-0.15, -0.1) is 0 Å². The van der Waals surface area contributed by atoms with E-state index in [1.807, 2.05) is 26.0 Å². The van der Waals surface area contributed by atoms with Crippen LogP contribution in [0.1, 0.15) is 21.5 Å². The maximum absolute atomic E-state index is 11.8. The van der Waals surface area contributed by atoms with E-state index in [1.54, 1.807) is 7.11 Å². The highest BCUT2D eigenvalue weighted by atomic mass is 16.5. The zero-order valence-corrected chi connectivity index (χ0v) is 11.8. The van der Waals surface area contributed by atoms with Crippen LogP contribution in [-0.4, -0.2) is 25.3 Å². The minimum absolute atomic E-state index is 0.0767. The first-order valence-electron chi connectivity index (χ1n) is 5.98. The van der Waals surface area contributed by atoms with Crippen molar-refractivity contribution in [3.05, 3.63) is 28.8 Å². The summed E-state index contributed by atoms with van der Waals surface area (Å²) in [6.07, 6.45) is 0. The number of carbonyl (C=O) groups is 1. The minimum atomic E-state index is -0.598. The third-order valence-electron chi connectivity index (χ3n) is 3.18. The van der Waals surface area contributed by atoms with Crippen molar-refractivity contribution in [3.63, 3.8) is 0 Å². The van der Waals surface area contributed by atoms with Crippen molar-refractivity contribution in [2.75, 3.05) is 20.0 Å². The van der Waals surface area contributed by atoms with Gasteiger partial charge in [-0.05, 0) is 37.1 Å². The van der Waals surface area contributed by atoms with Gasteiger partial charge in [0.25, 0.3) is 0 Å². The lowest BCUT2D eigenvalue weighted by atomic mass is 10.0. The van der Waals surface area contributed by atoms with Gasteiger partial charge in [0.2, 0.25) is 5.88 Å². The number of ether oxygens (including phenoxy) is 2. The monoisotopic (exact) mass is 276 g/mol. The highest BCUT2D eigenvalue weighted by Gasteiger charge is 2.25. The molecule has 0 spiro atoms. The van der Waals surface area contributed by atoms with Gasteiger partial charge in [-0.3, -0.25) is 0 Å². The molecule has 106 valence electrons. The third kappa shape index (κ3) is 2.20. The number of anilines is 1. The van der Waals surface area contributed by atoms with Crippen LogP contribution in [0.25, 0.3) is 11.3 Å². The van der Waals surface area contributed by atoms with Crippen LogP contribution >= 0.6 is 0 Å². The smallest absolute Gasteiger partial charge is 0.345 e. The number of methoxy groups -OCH3 is 2. The molecular formula is C14H16N2O4. The standard InChI is InChI=1S/C14H16N2O4/c1-7-5-9(10(18-3)6-8(7)2)12-11(14(17)19-4)13(15)20-16-12/h5-6H,15H2,1-4H3. The zero-order valence-electron chi connectivity index (χ0n) is 11.8. The fraction of sp³-hybridized carbons (Fsp3) is 0.286. The second-order valence-electron chi connectivity index (χ2n) is 4.40. The van der Waals surface area contributed by atoms with E-state index in [1.165, 1.54) is 7.11 Å². The van der Waals surface area contributed by atoms with E-state index in [4.69, 9.17) is 19.7 Å². The molecule has 0 saturated carbocycles. The van der Waals surface area contributed by atoms with Crippen molar-refractivity contribution in [1.29, 1.82) is 0 Å². The fourth-order valence-corrected chi connectivity index (χ4v) is 1.93. The van der Waals surface area contributed by atoms with Gasteiger partial charge in [0, 0.05) is 5.56 Å². The summed E-state index contributed by atoms with van der Waals surface area (Å²) in [7, 11) is 2.82. The molecule has 2 rings (SSSR count). The van der Waals surface area contributed by atoms with Crippen LogP contribution in [0.5, 0.6) is 5.75 Å². The maximum Gasteiger partial charge on any atom is 0.345 e. The number of nitrogens with two attached hydrogens (primary N) is 1. The summed E-state index contributed by atoms with van der Waals surface area (Å²) in [5.74, 6) is -0.0854. The molecule has 0 atom stereocenters. The summed E-state index contributed by atoms with van der Waals surface area (Å²) in [4.78, 5) is 11.8. The molecule has 2 N–H and O–H groups in total. The van der Waals surface area contributed by atoms with Crippen molar-refractivity contribution < 1.29 is 18.8 Å². The zero-order chi connectivity index (χ0) is 14.9. The molecule has 0 aliphatic rings. The topological polar surface area (TPSA) is 87.6 Å². The number of esters is 1. The number of aromatic nitrogens is 1. The molecule has 0 saturated heterocycles. The molecular weight excluding hydrogens is 260 g/mol. The van der Waals surface area contributed by atoms with Crippen LogP contribution in [0.15, 0.2) is 16.7 Å². The Balaban J connectivity index is 2.69. The average Bonchev–Trinajstić information content (AvgIpc) is 2.82. The highest BCUT2D eigenvalue weighted by Crippen LogP contribution is 2.36. The number of carbonyl (C=O) groups excluding carboxylic acids is 1. The minimum Gasteiger partial charge on any atom is -0.496 e. The summed E-state index contributed by atoms with van der Waals surface area (Å²) in [5, 5.41) is 3.85. The van der Waals surface area contributed by atoms with E-state index < -0.39 is 5.97 Å². The molecule has 6 heteroatoms. The van der Waals surface area contributed by atoms with Crippen molar-refractivity contribution in [1.82, 2.24) is 5.16 Å². The van der Waals surface area contributed by atoms with Crippen LogP contribution in [0.2, 0.25) is 0 Å². The molecule has 0 amide bonds. The number of nitrogen functional groups attached to an aromatic ring is 1. The number of aryl methyl sites for hydroxylation is 2. The molecule has 20 heavy (non-hydrogen) atoms. The Labute approximate surface area is 116 Å². The lowest BCUT2D eigenvalue weighted by molar-refractivity contribution is 0.0602. The van der Waals surface area contributed by atoms with E-state index in [0.29, 0.717) is 17.0 Å². The normalized spacial score (nSPS) is 10.4. The fourth-order valence-electron chi connectivity index (χ4n) is 1.93. The first-order chi connectivity index (χ1) is 9.49. The largest absolute Gasteiger partial charge is 0.496 e. The van der Waals surface area contributed by atoms with Crippen LogP contribution in [0, 0.1) is 13.8 Å². The molecule has 6 nitrogen and oxygen atoms in total. The van der Waals surface area contributed by atoms with Crippen molar-refractivity contribution in [3.8, 4) is 17.0 Å². The Morgan fingerprint density at radius 2 is 1.90 bits per heavy atom. The van der Waals surface area contributed by atoms with Gasteiger partial charge in [0.05, 0.1) is 14.2 Å². The lowest BCUT2D eigenvalue weighted by Crippen LogP contribution is -2.05. The molecule has 1 aromatic carbocycles. The van der Waals surface area contributed by atoms with Gasteiger partial charge in [0.1, 0.15) is 11.4 Å². The van der Waals surface area contributed by atoms with Gasteiger partial charge in [-0.2, -0.15) is 0 Å². The van der Waals surface area contributed by atoms with E-state index in [9.17, 15) is 4.79 Å². The van der Waals surface area contributed by atoms with Crippen LogP contribution in [-0.2, 0) is 4.74 Å². The molecule has 0 aliphatic carbocycles. The Morgan fingerprint density at radius 3 is 2.50 bits per heavy atom. The molecule has 2 aromatic rings. The number of nitrogens with zero attached hydrogens (tertiary/aromatic N) is 1. The van der Waals surface area contributed by atoms with Crippen molar-refractivity contribution >= 4 is 11.9 Å². The summed E-state index contributed by atoms with van der Waals surface area (Å²) in [6, 6.07) is 3.74. The molecule has 0 radical (unpaired) electrons. The summed E-state index contributed by atoms with van der Waals surface area (Å²) < 4.78 is 15.0. The van der Waals surface area contributed by atoms with Crippen molar-refractivity contribution in [2.24, 2.45) is 0 Å². The van der Waals surface area contributed by atoms with Crippen molar-refractivity contribution in [2.45, 2.75) is 13.8 Å². The van der Waals surface area contributed by atoms with Gasteiger partial charge >= 0.3 is 5.97 Å². The van der Waals surface area contributed by atoms with Crippen LogP contribution in [0.3, 0.4) is 0 Å². The molecule has 1 aromatic heterocycles.